The maximum absolute atomic E-state index is 11.7. The quantitative estimate of drug-likeness (QED) is 0.348. The molecule has 5 nitrogen and oxygen atoms in total. The van der Waals surface area contributed by atoms with Crippen LogP contribution in [0.4, 0.5) is 0 Å². The van der Waals surface area contributed by atoms with Gasteiger partial charge < -0.3 is 10.6 Å². The van der Waals surface area contributed by atoms with E-state index in [1.165, 1.54) is 11.8 Å². The van der Waals surface area contributed by atoms with Gasteiger partial charge in [0, 0.05) is 36.8 Å². The van der Waals surface area contributed by atoms with Crippen LogP contribution in [0.15, 0.2) is 52.4 Å². The summed E-state index contributed by atoms with van der Waals surface area (Å²) in [7, 11) is -1.46. The largest absolute Gasteiger partial charge is 0.353 e. The molecule has 1 fully saturated rings. The molecule has 1 aliphatic rings. The number of nitrogens with zero attached hydrogens (tertiary/aromatic N) is 1. The molecule has 2 N–H and O–H groups in total. The van der Waals surface area contributed by atoms with E-state index in [9.17, 15) is 8.42 Å². The molecule has 0 saturated heterocycles. The van der Waals surface area contributed by atoms with Crippen molar-refractivity contribution >= 4 is 51.4 Å². The third kappa shape index (κ3) is 5.84. The lowest BCUT2D eigenvalue weighted by Crippen LogP contribution is -2.38. The summed E-state index contributed by atoms with van der Waals surface area (Å²) >= 11 is 6.07. The van der Waals surface area contributed by atoms with Gasteiger partial charge >= 0.3 is 0 Å². The van der Waals surface area contributed by atoms with Gasteiger partial charge in [-0.3, -0.25) is 4.99 Å². The van der Waals surface area contributed by atoms with Gasteiger partial charge in [-0.25, -0.2) is 8.42 Å². The molecule has 0 heterocycles. The summed E-state index contributed by atoms with van der Waals surface area (Å²) in [5, 5.41) is 7.48. The molecule has 0 aromatic heterocycles. The highest BCUT2D eigenvalue weighted by atomic mass is 127. The van der Waals surface area contributed by atoms with Crippen molar-refractivity contribution in [1.29, 1.82) is 0 Å². The van der Waals surface area contributed by atoms with E-state index in [0.717, 1.165) is 28.5 Å². The van der Waals surface area contributed by atoms with Crippen LogP contribution < -0.4 is 10.6 Å². The Morgan fingerprint density at radius 1 is 1.25 bits per heavy atom. The van der Waals surface area contributed by atoms with Crippen molar-refractivity contribution in [3.63, 3.8) is 0 Å². The fourth-order valence-corrected chi connectivity index (χ4v) is 4.41. The number of benzene rings is 2. The van der Waals surface area contributed by atoms with Crippen LogP contribution in [0.1, 0.15) is 29.0 Å². The van der Waals surface area contributed by atoms with E-state index < -0.39 is 9.84 Å². The number of hydrogen-bond donors (Lipinski definition) is 2. The predicted molar refractivity (Wildman–Crippen MR) is 126 cm³/mol. The van der Waals surface area contributed by atoms with Gasteiger partial charge in [0.2, 0.25) is 0 Å². The van der Waals surface area contributed by atoms with Gasteiger partial charge in [0.1, 0.15) is 0 Å². The molecule has 8 heteroatoms. The first kappa shape index (κ1) is 23.0. The topological polar surface area (TPSA) is 70.6 Å². The first-order chi connectivity index (χ1) is 12.8. The lowest BCUT2D eigenvalue weighted by molar-refractivity contribution is 0.601. The van der Waals surface area contributed by atoms with Crippen LogP contribution >= 0.6 is 35.6 Å². The smallest absolute Gasteiger partial charge is 0.191 e. The molecule has 3 rings (SSSR count). The van der Waals surface area contributed by atoms with Crippen LogP contribution in [0, 0.1) is 6.92 Å². The highest BCUT2D eigenvalue weighted by molar-refractivity contribution is 14.0. The molecule has 1 saturated carbocycles. The SMILES string of the molecule is CN=C(NCc1ccc(S(C)(=O)=O)c(C)c1)NC1CC1c1cccc(Cl)c1.I. The van der Waals surface area contributed by atoms with Crippen molar-refractivity contribution in [2.75, 3.05) is 13.3 Å². The van der Waals surface area contributed by atoms with Gasteiger partial charge in [-0.15, -0.1) is 24.0 Å². The Balaban J connectivity index is 0.00000280. The Kier molecular flexibility index (Phi) is 7.75. The van der Waals surface area contributed by atoms with E-state index in [1.54, 1.807) is 13.1 Å². The molecule has 28 heavy (non-hydrogen) atoms. The van der Waals surface area contributed by atoms with Gasteiger partial charge in [-0.1, -0.05) is 35.9 Å². The number of nitrogens with one attached hydrogen (secondary N) is 2. The molecule has 0 amide bonds. The van der Waals surface area contributed by atoms with E-state index in [1.807, 2.05) is 37.3 Å². The monoisotopic (exact) mass is 533 g/mol. The highest BCUT2D eigenvalue weighted by Crippen LogP contribution is 2.41. The molecule has 152 valence electrons. The van der Waals surface area contributed by atoms with E-state index in [0.29, 0.717) is 23.4 Å². The Morgan fingerprint density at radius 2 is 2.00 bits per heavy atom. The van der Waals surface area contributed by atoms with Crippen LogP contribution in [0.5, 0.6) is 0 Å². The lowest BCUT2D eigenvalue weighted by atomic mass is 10.1. The zero-order valence-electron chi connectivity index (χ0n) is 16.1. The van der Waals surface area contributed by atoms with Crippen LogP contribution in [0.2, 0.25) is 5.02 Å². The van der Waals surface area contributed by atoms with E-state index >= 15 is 0 Å². The zero-order valence-corrected chi connectivity index (χ0v) is 20.0. The summed E-state index contributed by atoms with van der Waals surface area (Å²) in [4.78, 5) is 4.65. The Labute approximate surface area is 188 Å². The second-order valence-electron chi connectivity index (χ2n) is 6.95. The maximum Gasteiger partial charge on any atom is 0.191 e. The summed E-state index contributed by atoms with van der Waals surface area (Å²) in [5.74, 6) is 1.17. The molecule has 2 unspecified atom stereocenters. The number of hydrogen-bond acceptors (Lipinski definition) is 3. The average Bonchev–Trinajstić information content (AvgIpc) is 3.36. The fourth-order valence-electron chi connectivity index (χ4n) is 3.25. The van der Waals surface area contributed by atoms with Crippen LogP contribution in [-0.2, 0) is 16.4 Å². The van der Waals surface area contributed by atoms with Crippen molar-refractivity contribution in [2.45, 2.75) is 36.7 Å². The Hall–Kier alpha value is -1.32. The normalized spacial score (nSPS) is 18.9. The summed E-state index contributed by atoms with van der Waals surface area (Å²) in [6, 6.07) is 13.7. The Morgan fingerprint density at radius 3 is 2.61 bits per heavy atom. The molecule has 2 aromatic rings. The Bertz CT molecular complexity index is 979. The number of halogens is 2. The highest BCUT2D eigenvalue weighted by Gasteiger charge is 2.39. The fraction of sp³-hybridized carbons (Fsp3) is 0.350. The zero-order chi connectivity index (χ0) is 19.6. The predicted octanol–water partition coefficient (Wildman–Crippen LogP) is 3.89. The van der Waals surface area contributed by atoms with Crippen molar-refractivity contribution in [2.24, 2.45) is 4.99 Å². The summed E-state index contributed by atoms with van der Waals surface area (Å²) in [6.45, 7) is 2.38. The van der Waals surface area contributed by atoms with Gasteiger partial charge in [-0.05, 0) is 48.2 Å². The number of guanidine groups is 1. The molecule has 0 radical (unpaired) electrons. The van der Waals surface area contributed by atoms with E-state index in [4.69, 9.17) is 11.6 Å². The van der Waals surface area contributed by atoms with Gasteiger partial charge in [0.05, 0.1) is 4.90 Å². The molecule has 1 aliphatic carbocycles. The standard InChI is InChI=1S/C20H24ClN3O2S.HI/c1-13-9-14(7-8-19(13)27(3,25)26)12-23-20(22-2)24-18-11-17(18)15-5-4-6-16(21)10-15;/h4-10,17-18H,11-12H2,1-3H3,(H2,22,23,24);1H. The van der Waals surface area contributed by atoms with Crippen molar-refractivity contribution < 1.29 is 8.42 Å². The number of aliphatic imine (C=N–C) groups is 1. The first-order valence-electron chi connectivity index (χ1n) is 8.80. The minimum Gasteiger partial charge on any atom is -0.353 e. The number of rotatable bonds is 5. The van der Waals surface area contributed by atoms with Gasteiger partial charge in [-0.2, -0.15) is 0 Å². The molecule has 0 aliphatic heterocycles. The lowest BCUT2D eigenvalue weighted by Gasteiger charge is -2.13. The minimum atomic E-state index is -3.20. The third-order valence-electron chi connectivity index (χ3n) is 4.71. The molecule has 2 atom stereocenters. The maximum atomic E-state index is 11.7. The number of sulfone groups is 1. The van der Waals surface area contributed by atoms with Gasteiger partial charge in [0.15, 0.2) is 15.8 Å². The van der Waals surface area contributed by atoms with Crippen molar-refractivity contribution in [1.82, 2.24) is 10.6 Å². The summed E-state index contributed by atoms with van der Waals surface area (Å²) in [5.41, 5.74) is 3.00. The minimum absolute atomic E-state index is 0. The van der Waals surface area contributed by atoms with Crippen molar-refractivity contribution in [3.8, 4) is 0 Å². The molecule has 2 aromatic carbocycles. The molecular weight excluding hydrogens is 509 g/mol. The van der Waals surface area contributed by atoms with E-state index in [2.05, 4.69) is 21.7 Å². The van der Waals surface area contributed by atoms with Crippen LogP contribution in [0.3, 0.4) is 0 Å². The van der Waals surface area contributed by atoms with Crippen molar-refractivity contribution in [3.05, 3.63) is 64.2 Å². The second-order valence-corrected chi connectivity index (χ2v) is 9.37. The second kappa shape index (κ2) is 9.45. The molecular formula is C20H25ClIN3O2S. The molecule has 0 bridgehead atoms. The summed E-state index contributed by atoms with van der Waals surface area (Å²) < 4.78 is 23.4. The van der Waals surface area contributed by atoms with Crippen LogP contribution in [-0.4, -0.2) is 33.7 Å². The first-order valence-corrected chi connectivity index (χ1v) is 11.1. The van der Waals surface area contributed by atoms with Crippen LogP contribution in [0.25, 0.3) is 0 Å². The van der Waals surface area contributed by atoms with Gasteiger partial charge in [0.25, 0.3) is 0 Å². The van der Waals surface area contributed by atoms with E-state index in [-0.39, 0.29) is 24.0 Å². The summed E-state index contributed by atoms with van der Waals surface area (Å²) in [6.07, 6.45) is 2.27. The third-order valence-corrected chi connectivity index (χ3v) is 6.20. The number of aryl methyl sites for hydroxylation is 1. The molecule has 0 spiro atoms. The average molecular weight is 534 g/mol.